The van der Waals surface area contributed by atoms with Gasteiger partial charge in [-0.1, -0.05) is 30.2 Å². The summed E-state index contributed by atoms with van der Waals surface area (Å²) in [5.41, 5.74) is 0.696. The minimum Gasteiger partial charge on any atom is -0.294 e. The number of halogens is 2. The summed E-state index contributed by atoms with van der Waals surface area (Å²) in [4.78, 5) is 11.8. The lowest BCUT2D eigenvalue weighted by Crippen LogP contribution is -1.98. The quantitative estimate of drug-likeness (QED) is 0.373. The Bertz CT molecular complexity index is 401. The molecule has 0 heterocycles. The van der Waals surface area contributed by atoms with Gasteiger partial charge < -0.3 is 0 Å². The largest absolute Gasteiger partial charge is 0.294 e. The Hall–Kier alpha value is -0.600. The normalized spacial score (nSPS) is 10.2. The molecule has 3 heteroatoms. The Morgan fingerprint density at radius 2 is 2.12 bits per heavy atom. The van der Waals surface area contributed by atoms with Gasteiger partial charge in [0.1, 0.15) is 0 Å². The maximum atomic E-state index is 11.8. The summed E-state index contributed by atoms with van der Waals surface area (Å²) in [5, 5.41) is 0.586. The molecule has 0 aliphatic rings. The van der Waals surface area contributed by atoms with Crippen molar-refractivity contribution in [3.8, 4) is 0 Å². The minimum atomic E-state index is 0.165. The van der Waals surface area contributed by atoms with Crippen LogP contribution in [0, 0.1) is 0 Å². The van der Waals surface area contributed by atoms with Crippen LogP contribution in [0.15, 0.2) is 35.3 Å². The van der Waals surface area contributed by atoms with Crippen LogP contribution in [0.2, 0.25) is 5.02 Å². The van der Waals surface area contributed by atoms with Crippen LogP contribution in [0.25, 0.3) is 0 Å². The van der Waals surface area contributed by atoms with Crippen LogP contribution in [0.4, 0.5) is 0 Å². The van der Waals surface area contributed by atoms with E-state index in [1.165, 1.54) is 0 Å². The molecule has 17 heavy (non-hydrogen) atoms. The Balaban J connectivity index is 2.41. The van der Waals surface area contributed by atoms with Crippen molar-refractivity contribution in [2.24, 2.45) is 0 Å². The summed E-state index contributed by atoms with van der Waals surface area (Å²) in [7, 11) is 0. The first-order chi connectivity index (χ1) is 8.15. The number of ketones is 1. The lowest BCUT2D eigenvalue weighted by atomic mass is 10.0. The van der Waals surface area contributed by atoms with Gasteiger partial charge in [-0.25, -0.2) is 0 Å². The van der Waals surface area contributed by atoms with Crippen molar-refractivity contribution in [1.29, 1.82) is 0 Å². The smallest absolute Gasteiger partial charge is 0.162 e. The molecule has 0 bridgehead atoms. The van der Waals surface area contributed by atoms with Gasteiger partial charge in [0.05, 0.1) is 5.02 Å². The Labute approximate surface area is 116 Å². The molecule has 0 N–H and O–H groups in total. The number of allylic oxidation sites excluding steroid dienone is 1. The van der Waals surface area contributed by atoms with Crippen molar-refractivity contribution < 1.29 is 4.79 Å². The Morgan fingerprint density at radius 1 is 1.35 bits per heavy atom. The molecule has 0 saturated heterocycles. The fraction of sp³-hybridized carbons (Fsp3) is 0.357. The van der Waals surface area contributed by atoms with Gasteiger partial charge in [-0.05, 0) is 47.3 Å². The highest BCUT2D eigenvalue weighted by atomic mass is 79.9. The molecule has 1 aromatic carbocycles. The van der Waals surface area contributed by atoms with Crippen LogP contribution in [-0.2, 0) is 0 Å². The van der Waals surface area contributed by atoms with Crippen molar-refractivity contribution in [1.82, 2.24) is 0 Å². The lowest BCUT2D eigenvalue weighted by Gasteiger charge is -2.03. The van der Waals surface area contributed by atoms with Crippen LogP contribution < -0.4 is 0 Å². The van der Waals surface area contributed by atoms with Crippen LogP contribution in [0.1, 0.15) is 42.5 Å². The predicted molar refractivity (Wildman–Crippen MR) is 76.8 cm³/mol. The molecule has 0 saturated carbocycles. The minimum absolute atomic E-state index is 0.165. The number of unbranched alkanes of at least 4 members (excludes halogenated alkanes) is 3. The third-order valence-corrected chi connectivity index (χ3v) is 3.79. The molecule has 1 aromatic rings. The fourth-order valence-corrected chi connectivity index (χ4v) is 1.99. The van der Waals surface area contributed by atoms with E-state index in [0.29, 0.717) is 17.0 Å². The van der Waals surface area contributed by atoms with Gasteiger partial charge in [-0.2, -0.15) is 0 Å². The van der Waals surface area contributed by atoms with Crippen LogP contribution in [-0.4, -0.2) is 5.78 Å². The van der Waals surface area contributed by atoms with E-state index in [2.05, 4.69) is 22.5 Å². The summed E-state index contributed by atoms with van der Waals surface area (Å²) in [6.07, 6.45) is 6.64. The molecule has 0 fully saturated rings. The summed E-state index contributed by atoms with van der Waals surface area (Å²) in [6, 6.07) is 5.34. The molecular weight excluding hydrogens is 300 g/mol. The number of carbonyl (C=O) groups is 1. The highest BCUT2D eigenvalue weighted by Crippen LogP contribution is 2.24. The molecule has 0 aliphatic carbocycles. The van der Waals surface area contributed by atoms with Crippen molar-refractivity contribution >= 4 is 33.3 Å². The molecule has 0 aliphatic heterocycles. The maximum Gasteiger partial charge on any atom is 0.162 e. The molecule has 0 amide bonds. The zero-order valence-corrected chi connectivity index (χ0v) is 12.1. The van der Waals surface area contributed by atoms with Crippen LogP contribution in [0.5, 0.6) is 0 Å². The van der Waals surface area contributed by atoms with Crippen LogP contribution >= 0.6 is 27.5 Å². The lowest BCUT2D eigenvalue weighted by molar-refractivity contribution is 0.0979. The van der Waals surface area contributed by atoms with Gasteiger partial charge in [0.2, 0.25) is 0 Å². The van der Waals surface area contributed by atoms with E-state index >= 15 is 0 Å². The van der Waals surface area contributed by atoms with E-state index < -0.39 is 0 Å². The van der Waals surface area contributed by atoms with Gasteiger partial charge in [0.25, 0.3) is 0 Å². The number of benzene rings is 1. The molecule has 0 atom stereocenters. The first-order valence-electron chi connectivity index (χ1n) is 5.74. The predicted octanol–water partition coefficient (Wildman–Crippen LogP) is 5.42. The van der Waals surface area contributed by atoms with E-state index in [1.54, 1.807) is 6.07 Å². The van der Waals surface area contributed by atoms with E-state index in [1.807, 2.05) is 18.2 Å². The summed E-state index contributed by atoms with van der Waals surface area (Å²) in [5.74, 6) is 0.165. The zero-order valence-electron chi connectivity index (χ0n) is 9.72. The average Bonchev–Trinajstić information content (AvgIpc) is 2.32. The monoisotopic (exact) mass is 314 g/mol. The number of carbonyl (C=O) groups excluding carboxylic acids is 1. The van der Waals surface area contributed by atoms with E-state index in [0.717, 1.165) is 30.2 Å². The van der Waals surface area contributed by atoms with Gasteiger partial charge in [0, 0.05) is 16.5 Å². The van der Waals surface area contributed by atoms with Crippen molar-refractivity contribution in [2.45, 2.75) is 32.1 Å². The SMILES string of the molecule is C=CCCCCCC(=O)c1ccc(Br)c(Cl)c1. The van der Waals surface area contributed by atoms with E-state index in [9.17, 15) is 4.79 Å². The van der Waals surface area contributed by atoms with Crippen LogP contribution in [0.3, 0.4) is 0 Å². The highest BCUT2D eigenvalue weighted by molar-refractivity contribution is 9.10. The number of rotatable bonds is 7. The first-order valence-corrected chi connectivity index (χ1v) is 6.91. The van der Waals surface area contributed by atoms with Gasteiger partial charge in [-0.15, -0.1) is 6.58 Å². The van der Waals surface area contributed by atoms with Gasteiger partial charge in [0.15, 0.2) is 5.78 Å². The number of Topliss-reactive ketones (excluding diaryl/α,β-unsaturated/α-hetero) is 1. The van der Waals surface area contributed by atoms with Crippen molar-refractivity contribution in [2.75, 3.05) is 0 Å². The topological polar surface area (TPSA) is 17.1 Å². The van der Waals surface area contributed by atoms with Crippen molar-refractivity contribution in [3.05, 3.63) is 45.9 Å². The maximum absolute atomic E-state index is 11.8. The third kappa shape index (κ3) is 5.05. The molecule has 1 rings (SSSR count). The molecule has 0 unspecified atom stereocenters. The Kier molecular flexibility index (Phi) is 6.53. The zero-order chi connectivity index (χ0) is 12.7. The third-order valence-electron chi connectivity index (χ3n) is 2.55. The van der Waals surface area contributed by atoms with Crippen molar-refractivity contribution in [3.63, 3.8) is 0 Å². The van der Waals surface area contributed by atoms with Gasteiger partial charge >= 0.3 is 0 Å². The second-order valence-corrected chi connectivity index (χ2v) is 5.20. The molecule has 0 aromatic heterocycles. The fourth-order valence-electron chi connectivity index (χ4n) is 1.56. The summed E-state index contributed by atoms with van der Waals surface area (Å²) in [6.45, 7) is 3.67. The Morgan fingerprint density at radius 3 is 2.76 bits per heavy atom. The number of hydrogen-bond donors (Lipinski definition) is 0. The second kappa shape index (κ2) is 7.67. The van der Waals surface area contributed by atoms with Gasteiger partial charge in [-0.3, -0.25) is 4.79 Å². The van der Waals surface area contributed by atoms with E-state index in [4.69, 9.17) is 11.6 Å². The summed E-state index contributed by atoms with van der Waals surface area (Å²) < 4.78 is 0.821. The molecular formula is C14H16BrClO. The molecule has 1 nitrogen and oxygen atoms in total. The second-order valence-electron chi connectivity index (χ2n) is 3.94. The molecule has 92 valence electrons. The first kappa shape index (κ1) is 14.5. The summed E-state index contributed by atoms with van der Waals surface area (Å²) >= 11 is 9.26. The van der Waals surface area contributed by atoms with E-state index in [-0.39, 0.29) is 5.78 Å². The molecule has 0 spiro atoms. The highest BCUT2D eigenvalue weighted by Gasteiger charge is 2.07. The standard InChI is InChI=1S/C14H16BrClO/c1-2-3-4-5-6-7-14(17)11-8-9-12(15)13(16)10-11/h2,8-10H,1,3-7H2. The molecule has 0 radical (unpaired) electrons. The average molecular weight is 316 g/mol. The number of hydrogen-bond acceptors (Lipinski definition) is 1.